The largest absolute Gasteiger partial charge is 0.469 e. The number of rotatable bonds is 4. The van der Waals surface area contributed by atoms with Crippen molar-refractivity contribution in [3.63, 3.8) is 0 Å². The maximum atomic E-state index is 5.51. The number of hydrogen-bond donors (Lipinski definition) is 1. The highest BCUT2D eigenvalue weighted by molar-refractivity contribution is 5.20. The average molecular weight is 273 g/mol. The van der Waals surface area contributed by atoms with E-state index in [-0.39, 0.29) is 0 Å². The molecule has 4 aliphatic rings. The molecule has 4 bridgehead atoms. The van der Waals surface area contributed by atoms with Crippen molar-refractivity contribution in [2.24, 2.45) is 29.6 Å². The fourth-order valence-corrected chi connectivity index (χ4v) is 5.85. The van der Waals surface area contributed by atoms with E-state index in [1.165, 1.54) is 37.7 Å². The fraction of sp³-hybridized carbons (Fsp3) is 0.778. The highest BCUT2D eigenvalue weighted by atomic mass is 16.3. The molecule has 1 heterocycles. The molecule has 0 radical (unpaired) electrons. The first-order valence-corrected chi connectivity index (χ1v) is 8.45. The minimum absolute atomic E-state index is 0.483. The van der Waals surface area contributed by atoms with Gasteiger partial charge in [-0.25, -0.2) is 0 Å². The van der Waals surface area contributed by atoms with E-state index in [0.29, 0.717) is 6.04 Å². The van der Waals surface area contributed by atoms with E-state index in [9.17, 15) is 0 Å². The quantitative estimate of drug-likeness (QED) is 0.884. The summed E-state index contributed by atoms with van der Waals surface area (Å²) in [7, 11) is 2.10. The molecule has 4 saturated carbocycles. The molecule has 1 N–H and O–H groups in total. The topological polar surface area (TPSA) is 25.2 Å². The lowest BCUT2D eigenvalue weighted by atomic mass is 9.51. The van der Waals surface area contributed by atoms with E-state index < -0.39 is 0 Å². The van der Waals surface area contributed by atoms with Crippen LogP contribution >= 0.6 is 0 Å². The molecule has 0 amide bonds. The van der Waals surface area contributed by atoms with Crippen molar-refractivity contribution in [1.82, 2.24) is 5.32 Å². The summed E-state index contributed by atoms with van der Waals surface area (Å²) in [6, 6.07) is 2.64. The van der Waals surface area contributed by atoms with Crippen LogP contribution < -0.4 is 5.32 Å². The van der Waals surface area contributed by atoms with Gasteiger partial charge in [-0.2, -0.15) is 0 Å². The van der Waals surface area contributed by atoms with E-state index in [1.54, 1.807) is 6.42 Å². The number of furan rings is 1. The van der Waals surface area contributed by atoms with Gasteiger partial charge in [-0.15, -0.1) is 0 Å². The van der Waals surface area contributed by atoms with E-state index in [1.807, 2.05) is 6.26 Å². The fourth-order valence-electron chi connectivity index (χ4n) is 5.85. The van der Waals surface area contributed by atoms with Gasteiger partial charge in [0.25, 0.3) is 0 Å². The van der Waals surface area contributed by atoms with Gasteiger partial charge in [0.1, 0.15) is 5.76 Å². The highest BCUT2D eigenvalue weighted by Gasteiger charge is 2.48. The molecule has 0 saturated heterocycles. The smallest absolute Gasteiger partial charge is 0.105 e. The highest BCUT2D eigenvalue weighted by Crippen LogP contribution is 2.58. The Morgan fingerprint density at radius 3 is 2.30 bits per heavy atom. The van der Waals surface area contributed by atoms with Gasteiger partial charge in [-0.1, -0.05) is 0 Å². The van der Waals surface area contributed by atoms with Crippen LogP contribution in [0.2, 0.25) is 0 Å². The molecule has 0 aliphatic heterocycles. The number of aryl methyl sites for hydroxylation is 1. The summed E-state index contributed by atoms with van der Waals surface area (Å²) in [4.78, 5) is 0. The Morgan fingerprint density at radius 1 is 1.15 bits per heavy atom. The molecule has 1 aromatic heterocycles. The lowest BCUT2D eigenvalue weighted by molar-refractivity contribution is -0.0431. The second kappa shape index (κ2) is 4.91. The first-order valence-electron chi connectivity index (χ1n) is 8.45. The van der Waals surface area contributed by atoms with E-state index >= 15 is 0 Å². The molecule has 2 nitrogen and oxygen atoms in total. The van der Waals surface area contributed by atoms with Gasteiger partial charge < -0.3 is 9.73 Å². The van der Waals surface area contributed by atoms with Crippen LogP contribution in [0.25, 0.3) is 0 Å². The molecule has 110 valence electrons. The van der Waals surface area contributed by atoms with Crippen molar-refractivity contribution in [1.29, 1.82) is 0 Å². The summed E-state index contributed by atoms with van der Waals surface area (Å²) < 4.78 is 5.51. The van der Waals surface area contributed by atoms with Crippen molar-refractivity contribution in [3.05, 3.63) is 23.7 Å². The van der Waals surface area contributed by atoms with Gasteiger partial charge in [-0.3, -0.25) is 0 Å². The van der Waals surface area contributed by atoms with Crippen LogP contribution in [-0.4, -0.2) is 7.05 Å². The Kier molecular flexibility index (Phi) is 3.17. The predicted octanol–water partition coefficient (Wildman–Crippen LogP) is 4.31. The second-order valence-corrected chi connectivity index (χ2v) is 7.60. The Hall–Kier alpha value is -0.760. The van der Waals surface area contributed by atoms with Crippen molar-refractivity contribution >= 4 is 0 Å². The summed E-state index contributed by atoms with van der Waals surface area (Å²) in [5.41, 5.74) is 1.38. The zero-order valence-electron chi connectivity index (χ0n) is 12.8. The van der Waals surface area contributed by atoms with Crippen LogP contribution in [0.3, 0.4) is 0 Å². The zero-order chi connectivity index (χ0) is 13.7. The molecule has 4 aliphatic carbocycles. The summed E-state index contributed by atoms with van der Waals surface area (Å²) in [5, 5.41) is 3.54. The maximum absolute atomic E-state index is 5.51. The molecule has 20 heavy (non-hydrogen) atoms. The van der Waals surface area contributed by atoms with Crippen molar-refractivity contribution in [3.8, 4) is 0 Å². The molecule has 0 aromatic carbocycles. The molecule has 1 atom stereocenters. The van der Waals surface area contributed by atoms with Crippen LogP contribution in [0.15, 0.2) is 16.7 Å². The van der Waals surface area contributed by atoms with Gasteiger partial charge in [0.15, 0.2) is 0 Å². The summed E-state index contributed by atoms with van der Waals surface area (Å²) >= 11 is 0. The SMILES string of the molecule is CNC(CC1C2CC3CC(C2)CC1C3)c1ccoc1C. The van der Waals surface area contributed by atoms with Crippen LogP contribution in [0.5, 0.6) is 0 Å². The molecule has 1 aromatic rings. The zero-order valence-corrected chi connectivity index (χ0v) is 12.8. The molecular weight excluding hydrogens is 246 g/mol. The Balaban J connectivity index is 1.52. The monoisotopic (exact) mass is 273 g/mol. The first-order chi connectivity index (χ1) is 9.74. The summed E-state index contributed by atoms with van der Waals surface area (Å²) in [6.45, 7) is 2.09. The molecule has 5 rings (SSSR count). The standard InChI is InChI=1S/C18H27NO/c1-11-16(3-4-20-11)18(19-2)10-17-14-6-12-5-13(8-14)9-15(17)7-12/h3-4,12-15,17-19H,5-10H2,1-2H3. The minimum Gasteiger partial charge on any atom is -0.469 e. The molecule has 0 spiro atoms. The van der Waals surface area contributed by atoms with E-state index in [0.717, 1.165) is 35.3 Å². The molecule has 2 heteroatoms. The molecule has 4 fully saturated rings. The second-order valence-electron chi connectivity index (χ2n) is 7.60. The van der Waals surface area contributed by atoms with Gasteiger partial charge in [0, 0.05) is 11.6 Å². The summed E-state index contributed by atoms with van der Waals surface area (Å²) in [6.07, 6.45) is 10.8. The van der Waals surface area contributed by atoms with Crippen LogP contribution in [0, 0.1) is 36.5 Å². The van der Waals surface area contributed by atoms with E-state index in [4.69, 9.17) is 4.42 Å². The Morgan fingerprint density at radius 2 is 1.80 bits per heavy atom. The van der Waals surface area contributed by atoms with Crippen molar-refractivity contribution in [2.75, 3.05) is 7.05 Å². The normalized spacial score (nSPS) is 40.2. The maximum Gasteiger partial charge on any atom is 0.105 e. The molecule has 1 unspecified atom stereocenters. The first kappa shape index (κ1) is 12.9. The number of hydrogen-bond acceptors (Lipinski definition) is 2. The Bertz CT molecular complexity index is 450. The number of nitrogens with one attached hydrogen (secondary N) is 1. The van der Waals surface area contributed by atoms with Crippen molar-refractivity contribution < 1.29 is 4.42 Å². The average Bonchev–Trinajstić information content (AvgIpc) is 2.84. The van der Waals surface area contributed by atoms with Gasteiger partial charge >= 0.3 is 0 Å². The van der Waals surface area contributed by atoms with Crippen molar-refractivity contribution in [2.45, 2.75) is 51.5 Å². The third-order valence-electron chi connectivity index (χ3n) is 6.55. The van der Waals surface area contributed by atoms with Gasteiger partial charge in [0.05, 0.1) is 6.26 Å². The minimum atomic E-state index is 0.483. The lowest BCUT2D eigenvalue weighted by Gasteiger charge is -2.55. The third kappa shape index (κ3) is 2.04. The summed E-state index contributed by atoms with van der Waals surface area (Å²) in [5.74, 6) is 6.25. The third-order valence-corrected chi connectivity index (χ3v) is 6.55. The Labute approximate surface area is 122 Å². The molecular formula is C18H27NO. The van der Waals surface area contributed by atoms with E-state index in [2.05, 4.69) is 25.4 Å². The van der Waals surface area contributed by atoms with Crippen LogP contribution in [-0.2, 0) is 0 Å². The van der Waals surface area contributed by atoms with Crippen LogP contribution in [0.1, 0.15) is 55.9 Å². The van der Waals surface area contributed by atoms with Gasteiger partial charge in [0.2, 0.25) is 0 Å². The van der Waals surface area contributed by atoms with Crippen LogP contribution in [0.4, 0.5) is 0 Å². The van der Waals surface area contributed by atoms with Gasteiger partial charge in [-0.05, 0) is 88.2 Å². The lowest BCUT2D eigenvalue weighted by Crippen LogP contribution is -2.46. The predicted molar refractivity (Wildman–Crippen MR) is 80.4 cm³/mol.